The number of anilines is 2. The molecule has 142 valence electrons. The number of rotatable bonds is 5. The lowest BCUT2D eigenvalue weighted by atomic mass is 10.0. The van der Waals surface area contributed by atoms with Gasteiger partial charge in [-0.25, -0.2) is 0 Å². The van der Waals surface area contributed by atoms with Crippen molar-refractivity contribution in [1.82, 2.24) is 15.5 Å². The van der Waals surface area contributed by atoms with Crippen LogP contribution in [0.5, 0.6) is 5.75 Å². The van der Waals surface area contributed by atoms with E-state index < -0.39 is 0 Å². The highest BCUT2D eigenvalue weighted by Crippen LogP contribution is 2.31. The zero-order chi connectivity index (χ0) is 19.3. The van der Waals surface area contributed by atoms with Crippen LogP contribution in [-0.4, -0.2) is 29.8 Å². The van der Waals surface area contributed by atoms with E-state index in [4.69, 9.17) is 4.74 Å². The molecule has 0 spiro atoms. The average Bonchev–Trinajstić information content (AvgIpc) is 2.77. The van der Waals surface area contributed by atoms with Crippen molar-refractivity contribution < 1.29 is 9.53 Å². The molecule has 1 N–H and O–H groups in total. The second-order valence-electron chi connectivity index (χ2n) is 6.66. The molecule has 0 unspecified atom stereocenters. The van der Waals surface area contributed by atoms with E-state index in [0.717, 1.165) is 42.2 Å². The second kappa shape index (κ2) is 8.08. The molecule has 0 atom stereocenters. The number of aryl methyl sites for hydroxylation is 1. The number of nitrogens with zero attached hydrogens (tertiary/aromatic N) is 3. The third-order valence-electron chi connectivity index (χ3n) is 4.90. The molecule has 0 saturated carbocycles. The third-order valence-corrected chi connectivity index (χ3v) is 4.90. The summed E-state index contributed by atoms with van der Waals surface area (Å²) in [5, 5.41) is 11.3. The average molecular weight is 374 g/mol. The first-order valence-electron chi connectivity index (χ1n) is 9.35. The molecule has 0 saturated heterocycles. The van der Waals surface area contributed by atoms with Crippen LogP contribution in [0.3, 0.4) is 0 Å². The Hall–Kier alpha value is -3.41. The summed E-state index contributed by atoms with van der Waals surface area (Å²) < 4.78 is 5.31. The van der Waals surface area contributed by atoms with Crippen molar-refractivity contribution in [3.05, 3.63) is 77.5 Å². The Morgan fingerprint density at radius 1 is 1.07 bits per heavy atom. The molecule has 0 aliphatic carbocycles. The van der Waals surface area contributed by atoms with Crippen LogP contribution in [0, 0.1) is 0 Å². The summed E-state index contributed by atoms with van der Waals surface area (Å²) in [6.45, 7) is 1.26. The molecule has 6 nitrogen and oxygen atoms in total. The lowest BCUT2D eigenvalue weighted by Crippen LogP contribution is -2.27. The summed E-state index contributed by atoms with van der Waals surface area (Å²) in [5.41, 5.74) is 3.68. The molecule has 1 amide bonds. The normalized spacial score (nSPS) is 13.0. The number of hydrogen-bond donors (Lipinski definition) is 1. The van der Waals surface area contributed by atoms with Crippen LogP contribution >= 0.6 is 0 Å². The molecule has 28 heavy (non-hydrogen) atoms. The van der Waals surface area contributed by atoms with Gasteiger partial charge in [0.2, 0.25) is 0 Å². The van der Waals surface area contributed by atoms with Gasteiger partial charge in [0, 0.05) is 24.3 Å². The summed E-state index contributed by atoms with van der Waals surface area (Å²) >= 11 is 0. The molecule has 1 aliphatic rings. The highest BCUT2D eigenvalue weighted by molar-refractivity contribution is 5.92. The number of ether oxygens (including phenoxy) is 1. The molecule has 2 aromatic carbocycles. The Morgan fingerprint density at radius 3 is 2.71 bits per heavy atom. The van der Waals surface area contributed by atoms with Gasteiger partial charge >= 0.3 is 0 Å². The summed E-state index contributed by atoms with van der Waals surface area (Å²) in [7, 11) is 1.61. The van der Waals surface area contributed by atoms with Crippen LogP contribution in [0.2, 0.25) is 0 Å². The molecular weight excluding hydrogens is 352 g/mol. The number of para-hydroxylation sites is 2. The number of methoxy groups -OCH3 is 1. The first-order chi connectivity index (χ1) is 13.8. The van der Waals surface area contributed by atoms with Gasteiger partial charge in [-0.2, -0.15) is 0 Å². The first kappa shape index (κ1) is 18.0. The largest absolute Gasteiger partial charge is 0.496 e. The Labute approximate surface area is 164 Å². The van der Waals surface area contributed by atoms with E-state index in [-0.39, 0.29) is 5.91 Å². The van der Waals surface area contributed by atoms with E-state index in [9.17, 15) is 4.79 Å². The van der Waals surface area contributed by atoms with Gasteiger partial charge in [-0.05, 0) is 42.7 Å². The maximum absolute atomic E-state index is 12.4. The van der Waals surface area contributed by atoms with Crippen molar-refractivity contribution in [1.29, 1.82) is 0 Å². The van der Waals surface area contributed by atoms with Gasteiger partial charge in [0.1, 0.15) is 5.75 Å². The maximum Gasteiger partial charge on any atom is 0.272 e. The fraction of sp³-hybridized carbons (Fsp3) is 0.227. The number of hydrogen-bond acceptors (Lipinski definition) is 5. The molecule has 3 aromatic rings. The van der Waals surface area contributed by atoms with Gasteiger partial charge < -0.3 is 15.0 Å². The van der Waals surface area contributed by atoms with Crippen LogP contribution in [0.4, 0.5) is 11.5 Å². The summed E-state index contributed by atoms with van der Waals surface area (Å²) in [6, 6.07) is 19.5. The van der Waals surface area contributed by atoms with E-state index in [0.29, 0.717) is 12.2 Å². The predicted octanol–water partition coefficient (Wildman–Crippen LogP) is 3.50. The molecule has 0 radical (unpaired) electrons. The molecule has 2 heterocycles. The van der Waals surface area contributed by atoms with E-state index in [2.05, 4.69) is 38.6 Å². The van der Waals surface area contributed by atoms with E-state index in [1.54, 1.807) is 13.2 Å². The van der Waals surface area contributed by atoms with Crippen molar-refractivity contribution in [2.24, 2.45) is 0 Å². The number of aromatic nitrogens is 2. The Kier molecular flexibility index (Phi) is 5.19. The van der Waals surface area contributed by atoms with Crippen LogP contribution in [0.1, 0.15) is 28.0 Å². The van der Waals surface area contributed by atoms with E-state index in [1.165, 1.54) is 5.56 Å². The van der Waals surface area contributed by atoms with Crippen molar-refractivity contribution in [3.63, 3.8) is 0 Å². The van der Waals surface area contributed by atoms with Gasteiger partial charge in [0.15, 0.2) is 11.5 Å². The van der Waals surface area contributed by atoms with Crippen LogP contribution < -0.4 is 15.0 Å². The minimum atomic E-state index is -0.260. The lowest BCUT2D eigenvalue weighted by molar-refractivity contribution is 0.0944. The van der Waals surface area contributed by atoms with E-state index in [1.807, 2.05) is 36.4 Å². The number of carbonyl (C=O) groups excluding carboxylic acids is 1. The fourth-order valence-corrected chi connectivity index (χ4v) is 3.48. The molecule has 1 aromatic heterocycles. The molecule has 6 heteroatoms. The van der Waals surface area contributed by atoms with Gasteiger partial charge in [0.25, 0.3) is 5.91 Å². The SMILES string of the molecule is COc1ccccc1CNC(=O)c1ccc(N2CCCc3ccccc32)nn1. The van der Waals surface area contributed by atoms with Crippen molar-refractivity contribution in [2.75, 3.05) is 18.6 Å². The predicted molar refractivity (Wildman–Crippen MR) is 108 cm³/mol. The first-order valence-corrected chi connectivity index (χ1v) is 9.35. The van der Waals surface area contributed by atoms with Gasteiger partial charge in [-0.3, -0.25) is 4.79 Å². The van der Waals surface area contributed by atoms with Crippen molar-refractivity contribution in [2.45, 2.75) is 19.4 Å². The van der Waals surface area contributed by atoms with Gasteiger partial charge in [0.05, 0.1) is 7.11 Å². The standard InChI is InChI=1S/C22H22N4O2/c1-28-20-11-5-3-8-17(20)15-23-22(27)18-12-13-21(25-24-18)26-14-6-9-16-7-2-4-10-19(16)26/h2-5,7-8,10-13H,6,9,14-15H2,1H3,(H,23,27). The maximum atomic E-state index is 12.4. The zero-order valence-corrected chi connectivity index (χ0v) is 15.8. The van der Waals surface area contributed by atoms with Gasteiger partial charge in [-0.1, -0.05) is 36.4 Å². The molecular formula is C22H22N4O2. The Morgan fingerprint density at radius 2 is 1.89 bits per heavy atom. The van der Waals surface area contributed by atoms with Crippen LogP contribution in [0.15, 0.2) is 60.7 Å². The van der Waals surface area contributed by atoms with E-state index >= 15 is 0 Å². The highest BCUT2D eigenvalue weighted by Gasteiger charge is 2.19. The van der Waals surface area contributed by atoms with Crippen molar-refractivity contribution in [3.8, 4) is 5.75 Å². The van der Waals surface area contributed by atoms with Crippen molar-refractivity contribution >= 4 is 17.4 Å². The third kappa shape index (κ3) is 3.67. The van der Waals surface area contributed by atoms with Crippen LogP contribution in [0.25, 0.3) is 0 Å². The summed E-state index contributed by atoms with van der Waals surface area (Å²) in [5.74, 6) is 1.24. The monoisotopic (exact) mass is 374 g/mol. The summed E-state index contributed by atoms with van der Waals surface area (Å²) in [4.78, 5) is 14.6. The quantitative estimate of drug-likeness (QED) is 0.740. The van der Waals surface area contributed by atoms with Gasteiger partial charge in [-0.15, -0.1) is 10.2 Å². The number of nitrogens with one attached hydrogen (secondary N) is 1. The fourth-order valence-electron chi connectivity index (χ4n) is 3.48. The molecule has 1 aliphatic heterocycles. The number of benzene rings is 2. The number of fused-ring (bicyclic) bond motifs is 1. The molecule has 4 rings (SSSR count). The zero-order valence-electron chi connectivity index (χ0n) is 15.8. The number of carbonyl (C=O) groups is 1. The van der Waals surface area contributed by atoms with Crippen LogP contribution in [-0.2, 0) is 13.0 Å². The summed E-state index contributed by atoms with van der Waals surface area (Å²) in [6.07, 6.45) is 2.14. The smallest absolute Gasteiger partial charge is 0.272 e. The molecule has 0 bridgehead atoms. The minimum absolute atomic E-state index is 0.260. The second-order valence-corrected chi connectivity index (χ2v) is 6.66. The number of amides is 1. The Balaban J connectivity index is 1.46. The topological polar surface area (TPSA) is 67.3 Å². The Bertz CT molecular complexity index is 972. The highest BCUT2D eigenvalue weighted by atomic mass is 16.5. The molecule has 0 fully saturated rings. The lowest BCUT2D eigenvalue weighted by Gasteiger charge is -2.29. The minimum Gasteiger partial charge on any atom is -0.496 e.